The molecule has 0 radical (unpaired) electrons. The maximum absolute atomic E-state index is 5.76. The van der Waals surface area contributed by atoms with Gasteiger partial charge in [-0.3, -0.25) is 0 Å². The predicted octanol–water partition coefficient (Wildman–Crippen LogP) is 2.35. The Hall–Kier alpha value is -0.120. The highest BCUT2D eigenvalue weighted by Crippen LogP contribution is 2.43. The number of nitrogens with one attached hydrogen (secondary N) is 1. The summed E-state index contributed by atoms with van der Waals surface area (Å²) < 4.78 is 11.5. The molecule has 2 fully saturated rings. The first-order chi connectivity index (χ1) is 8.05. The van der Waals surface area contributed by atoms with Gasteiger partial charge in [0.05, 0.1) is 12.2 Å². The molecule has 2 aliphatic rings. The number of rotatable bonds is 5. The summed E-state index contributed by atoms with van der Waals surface area (Å²) in [6.45, 7) is 10.7. The standard InChI is InChI=1S/C14H27NO2/c1-5-16-13-9-12(14(13,3)4)15-10(2)11-7-6-8-17-11/h10-13,15H,5-9H2,1-4H3. The third-order valence-corrected chi connectivity index (χ3v) is 4.53. The molecule has 0 amide bonds. The third-order valence-electron chi connectivity index (χ3n) is 4.53. The van der Waals surface area contributed by atoms with Crippen LogP contribution < -0.4 is 5.32 Å². The highest BCUT2D eigenvalue weighted by molar-refractivity contribution is 5.04. The molecule has 0 bridgehead atoms. The van der Waals surface area contributed by atoms with E-state index in [-0.39, 0.29) is 5.41 Å². The minimum Gasteiger partial charge on any atom is -0.378 e. The highest BCUT2D eigenvalue weighted by Gasteiger charge is 2.49. The van der Waals surface area contributed by atoms with Gasteiger partial charge in [-0.15, -0.1) is 0 Å². The van der Waals surface area contributed by atoms with Crippen LogP contribution in [0.1, 0.15) is 47.0 Å². The van der Waals surface area contributed by atoms with Crippen LogP contribution in [0.2, 0.25) is 0 Å². The maximum Gasteiger partial charge on any atom is 0.0726 e. The van der Waals surface area contributed by atoms with Gasteiger partial charge in [0.15, 0.2) is 0 Å². The molecule has 0 aromatic carbocycles. The Morgan fingerprint density at radius 3 is 2.76 bits per heavy atom. The van der Waals surface area contributed by atoms with Crippen LogP contribution in [0.5, 0.6) is 0 Å². The topological polar surface area (TPSA) is 30.5 Å². The molecule has 4 atom stereocenters. The molecule has 2 rings (SSSR count). The summed E-state index contributed by atoms with van der Waals surface area (Å²) in [4.78, 5) is 0. The van der Waals surface area contributed by atoms with Crippen molar-refractivity contribution < 1.29 is 9.47 Å². The molecule has 3 heteroatoms. The van der Waals surface area contributed by atoms with Gasteiger partial charge in [0.1, 0.15) is 0 Å². The van der Waals surface area contributed by atoms with Crippen molar-refractivity contribution >= 4 is 0 Å². The lowest BCUT2D eigenvalue weighted by Crippen LogP contribution is -2.63. The fourth-order valence-corrected chi connectivity index (χ4v) is 3.07. The Morgan fingerprint density at radius 2 is 2.24 bits per heavy atom. The normalized spacial score (nSPS) is 37.8. The average Bonchev–Trinajstić information content (AvgIpc) is 2.81. The van der Waals surface area contributed by atoms with Crippen LogP contribution in [0, 0.1) is 5.41 Å². The van der Waals surface area contributed by atoms with E-state index in [2.05, 4.69) is 33.0 Å². The Balaban J connectivity index is 1.80. The van der Waals surface area contributed by atoms with Crippen LogP contribution in [0.15, 0.2) is 0 Å². The lowest BCUT2D eigenvalue weighted by Gasteiger charge is -2.53. The van der Waals surface area contributed by atoms with E-state index < -0.39 is 0 Å². The molecule has 3 nitrogen and oxygen atoms in total. The van der Waals surface area contributed by atoms with E-state index in [1.54, 1.807) is 0 Å². The Kier molecular flexibility index (Phi) is 4.11. The van der Waals surface area contributed by atoms with Gasteiger partial charge in [-0.05, 0) is 33.1 Å². The van der Waals surface area contributed by atoms with E-state index in [0.717, 1.165) is 19.6 Å². The quantitative estimate of drug-likeness (QED) is 0.801. The van der Waals surface area contributed by atoms with E-state index in [9.17, 15) is 0 Å². The number of ether oxygens (including phenoxy) is 2. The fraction of sp³-hybridized carbons (Fsp3) is 1.00. The Labute approximate surface area is 105 Å². The predicted molar refractivity (Wildman–Crippen MR) is 69.2 cm³/mol. The van der Waals surface area contributed by atoms with Crippen molar-refractivity contribution in [2.24, 2.45) is 5.41 Å². The van der Waals surface area contributed by atoms with Crippen LogP contribution in [0.3, 0.4) is 0 Å². The first-order valence-corrected chi connectivity index (χ1v) is 7.05. The summed E-state index contributed by atoms with van der Waals surface area (Å²) in [5.41, 5.74) is 0.253. The van der Waals surface area contributed by atoms with E-state index in [1.165, 1.54) is 12.8 Å². The molecule has 1 N–H and O–H groups in total. The average molecular weight is 241 g/mol. The van der Waals surface area contributed by atoms with Crippen molar-refractivity contribution in [2.75, 3.05) is 13.2 Å². The van der Waals surface area contributed by atoms with E-state index in [0.29, 0.717) is 24.3 Å². The molecule has 0 aromatic heterocycles. The van der Waals surface area contributed by atoms with Crippen LogP contribution in [-0.2, 0) is 9.47 Å². The lowest BCUT2D eigenvalue weighted by molar-refractivity contribution is -0.119. The molecule has 17 heavy (non-hydrogen) atoms. The van der Waals surface area contributed by atoms with E-state index in [1.807, 2.05) is 0 Å². The van der Waals surface area contributed by atoms with Gasteiger partial charge in [0.25, 0.3) is 0 Å². The van der Waals surface area contributed by atoms with Crippen LogP contribution in [0.25, 0.3) is 0 Å². The second-order valence-corrected chi connectivity index (χ2v) is 6.06. The first kappa shape index (κ1) is 13.3. The molecular formula is C14H27NO2. The van der Waals surface area contributed by atoms with Crippen molar-refractivity contribution in [3.8, 4) is 0 Å². The smallest absolute Gasteiger partial charge is 0.0726 e. The highest BCUT2D eigenvalue weighted by atomic mass is 16.5. The zero-order valence-corrected chi connectivity index (χ0v) is 11.7. The minimum atomic E-state index is 0.253. The van der Waals surface area contributed by atoms with Gasteiger partial charge in [0, 0.05) is 30.7 Å². The molecule has 0 spiro atoms. The molecule has 1 saturated carbocycles. The third kappa shape index (κ3) is 2.67. The molecule has 4 unspecified atom stereocenters. The van der Waals surface area contributed by atoms with Crippen molar-refractivity contribution in [3.05, 3.63) is 0 Å². The Bertz CT molecular complexity index is 249. The zero-order chi connectivity index (χ0) is 12.5. The van der Waals surface area contributed by atoms with Crippen molar-refractivity contribution in [1.29, 1.82) is 0 Å². The van der Waals surface area contributed by atoms with Gasteiger partial charge in [-0.25, -0.2) is 0 Å². The van der Waals surface area contributed by atoms with Gasteiger partial charge in [-0.2, -0.15) is 0 Å². The second kappa shape index (κ2) is 5.25. The molecule has 1 heterocycles. The van der Waals surface area contributed by atoms with E-state index in [4.69, 9.17) is 9.47 Å². The van der Waals surface area contributed by atoms with Crippen molar-refractivity contribution in [3.63, 3.8) is 0 Å². The van der Waals surface area contributed by atoms with Crippen LogP contribution in [0.4, 0.5) is 0 Å². The van der Waals surface area contributed by atoms with Crippen molar-refractivity contribution in [2.45, 2.75) is 71.2 Å². The zero-order valence-electron chi connectivity index (χ0n) is 11.7. The molecular weight excluding hydrogens is 214 g/mol. The molecule has 100 valence electrons. The number of hydrogen-bond donors (Lipinski definition) is 1. The minimum absolute atomic E-state index is 0.253. The monoisotopic (exact) mass is 241 g/mol. The van der Waals surface area contributed by atoms with Crippen LogP contribution >= 0.6 is 0 Å². The van der Waals surface area contributed by atoms with Crippen LogP contribution in [-0.4, -0.2) is 37.5 Å². The summed E-state index contributed by atoms with van der Waals surface area (Å²) in [5.74, 6) is 0. The van der Waals surface area contributed by atoms with Gasteiger partial charge in [0.2, 0.25) is 0 Å². The summed E-state index contributed by atoms with van der Waals surface area (Å²) in [6.07, 6.45) is 4.39. The number of hydrogen-bond acceptors (Lipinski definition) is 3. The molecule has 1 aliphatic carbocycles. The molecule has 1 saturated heterocycles. The fourth-order valence-electron chi connectivity index (χ4n) is 3.07. The molecule has 1 aliphatic heterocycles. The summed E-state index contributed by atoms with van der Waals surface area (Å²) in [7, 11) is 0. The summed E-state index contributed by atoms with van der Waals surface area (Å²) in [5, 5.41) is 3.73. The van der Waals surface area contributed by atoms with Gasteiger partial charge < -0.3 is 14.8 Å². The van der Waals surface area contributed by atoms with Crippen molar-refractivity contribution in [1.82, 2.24) is 5.32 Å². The lowest BCUT2D eigenvalue weighted by atomic mass is 9.64. The Morgan fingerprint density at radius 1 is 1.47 bits per heavy atom. The molecule has 0 aromatic rings. The summed E-state index contributed by atoms with van der Waals surface area (Å²) >= 11 is 0. The van der Waals surface area contributed by atoms with E-state index >= 15 is 0 Å². The first-order valence-electron chi connectivity index (χ1n) is 7.05. The van der Waals surface area contributed by atoms with Gasteiger partial charge in [-0.1, -0.05) is 13.8 Å². The summed E-state index contributed by atoms with van der Waals surface area (Å²) in [6, 6.07) is 1.03. The SMILES string of the molecule is CCOC1CC(NC(C)C2CCCO2)C1(C)C. The maximum atomic E-state index is 5.76. The van der Waals surface area contributed by atoms with Gasteiger partial charge >= 0.3 is 0 Å². The second-order valence-electron chi connectivity index (χ2n) is 6.06. The largest absolute Gasteiger partial charge is 0.378 e.